The van der Waals surface area contributed by atoms with Crippen molar-refractivity contribution in [3.63, 3.8) is 0 Å². The van der Waals surface area contributed by atoms with Crippen molar-refractivity contribution in [2.75, 3.05) is 32.8 Å². The van der Waals surface area contributed by atoms with Gasteiger partial charge in [-0.2, -0.15) is 0 Å². The maximum absolute atomic E-state index is 11.5. The van der Waals surface area contributed by atoms with Crippen molar-refractivity contribution in [2.45, 2.75) is 38.9 Å². The molecule has 1 amide bonds. The molecule has 0 aliphatic carbocycles. The number of nitrogens with one attached hydrogen (secondary N) is 1. The highest BCUT2D eigenvalue weighted by Crippen LogP contribution is 2.21. The molecule has 20 heavy (non-hydrogen) atoms. The SMILES string of the molecule is CC(=O)COCCN1CCC(SNC(=O)C(C)C)CC1. The van der Waals surface area contributed by atoms with Crippen molar-refractivity contribution in [3.8, 4) is 0 Å². The molecule has 6 heteroatoms. The predicted molar refractivity (Wildman–Crippen MR) is 81.5 cm³/mol. The van der Waals surface area contributed by atoms with Crippen LogP contribution >= 0.6 is 11.9 Å². The van der Waals surface area contributed by atoms with Crippen LogP contribution in [0.1, 0.15) is 33.6 Å². The molecule has 0 aromatic rings. The Morgan fingerprint density at radius 2 is 2.00 bits per heavy atom. The quantitative estimate of drug-likeness (QED) is 0.543. The van der Waals surface area contributed by atoms with Crippen molar-refractivity contribution in [3.05, 3.63) is 0 Å². The Bertz CT molecular complexity index is 316. The van der Waals surface area contributed by atoms with Crippen LogP contribution in [0.15, 0.2) is 0 Å². The molecular weight excluding hydrogens is 276 g/mol. The predicted octanol–water partition coefficient (Wildman–Crippen LogP) is 1.48. The number of likely N-dealkylation sites (tertiary alicyclic amines) is 1. The number of ether oxygens (including phenoxy) is 1. The lowest BCUT2D eigenvalue weighted by atomic mass is 10.1. The number of rotatable bonds is 8. The Balaban J connectivity index is 2.08. The summed E-state index contributed by atoms with van der Waals surface area (Å²) < 4.78 is 8.20. The summed E-state index contributed by atoms with van der Waals surface area (Å²) in [6.45, 7) is 9.10. The molecule has 0 aromatic heterocycles. The number of ketones is 1. The van der Waals surface area contributed by atoms with Gasteiger partial charge in [-0.3, -0.25) is 14.3 Å². The maximum Gasteiger partial charge on any atom is 0.232 e. The Morgan fingerprint density at radius 1 is 1.35 bits per heavy atom. The first kappa shape index (κ1) is 17.5. The van der Waals surface area contributed by atoms with Crippen molar-refractivity contribution in [1.29, 1.82) is 0 Å². The average molecular weight is 302 g/mol. The van der Waals surface area contributed by atoms with Gasteiger partial charge in [-0.15, -0.1) is 0 Å². The van der Waals surface area contributed by atoms with Crippen LogP contribution in [0.25, 0.3) is 0 Å². The molecule has 0 atom stereocenters. The average Bonchev–Trinajstić information content (AvgIpc) is 2.42. The van der Waals surface area contributed by atoms with E-state index in [-0.39, 0.29) is 24.2 Å². The Labute approximate surface area is 125 Å². The first-order valence-corrected chi connectivity index (χ1v) is 8.12. The number of nitrogens with zero attached hydrogens (tertiary/aromatic N) is 1. The Hall–Kier alpha value is -0.590. The summed E-state index contributed by atoms with van der Waals surface area (Å²) in [6, 6.07) is 0. The van der Waals surface area contributed by atoms with Crippen LogP contribution in [0.2, 0.25) is 0 Å². The topological polar surface area (TPSA) is 58.6 Å². The molecule has 0 bridgehead atoms. The van der Waals surface area contributed by atoms with Crippen molar-refractivity contribution in [1.82, 2.24) is 9.62 Å². The van der Waals surface area contributed by atoms with Gasteiger partial charge in [0.05, 0.1) is 6.61 Å². The molecule has 1 N–H and O–H groups in total. The molecule has 116 valence electrons. The molecule has 1 fully saturated rings. The molecule has 0 spiro atoms. The third-order valence-electron chi connectivity index (χ3n) is 3.24. The Kier molecular flexibility index (Phi) is 8.18. The molecule has 0 aromatic carbocycles. The van der Waals surface area contributed by atoms with Crippen LogP contribution in [-0.4, -0.2) is 54.7 Å². The fourth-order valence-electron chi connectivity index (χ4n) is 1.92. The summed E-state index contributed by atoms with van der Waals surface area (Å²) in [6.07, 6.45) is 2.16. The summed E-state index contributed by atoms with van der Waals surface area (Å²) in [5.74, 6) is 0.220. The van der Waals surface area contributed by atoms with Gasteiger partial charge in [-0.25, -0.2) is 0 Å². The fraction of sp³-hybridized carbons (Fsp3) is 0.857. The number of Topliss-reactive ketones (excluding diaryl/α,β-unsaturated/α-hetero) is 1. The number of carbonyl (C=O) groups excluding carboxylic acids is 2. The molecule has 0 radical (unpaired) electrons. The van der Waals surface area contributed by atoms with Gasteiger partial charge in [0.1, 0.15) is 6.61 Å². The molecule has 0 unspecified atom stereocenters. The van der Waals surface area contributed by atoms with E-state index in [0.717, 1.165) is 32.5 Å². The summed E-state index contributed by atoms with van der Waals surface area (Å²) in [5.41, 5.74) is 0. The van der Waals surface area contributed by atoms with Gasteiger partial charge in [0.15, 0.2) is 5.78 Å². The zero-order chi connectivity index (χ0) is 15.0. The Morgan fingerprint density at radius 3 is 2.55 bits per heavy atom. The second kappa shape index (κ2) is 9.37. The van der Waals surface area contributed by atoms with E-state index in [1.54, 1.807) is 11.9 Å². The van der Waals surface area contributed by atoms with Crippen molar-refractivity contribution >= 4 is 23.6 Å². The minimum Gasteiger partial charge on any atom is -0.372 e. The first-order valence-electron chi connectivity index (χ1n) is 7.24. The lowest BCUT2D eigenvalue weighted by Crippen LogP contribution is -2.38. The maximum atomic E-state index is 11.5. The standard InChI is InChI=1S/C14H26N2O3S/c1-11(2)14(18)15-20-13-4-6-16(7-5-13)8-9-19-10-12(3)17/h11,13H,4-10H2,1-3H3,(H,15,18). The second-order valence-corrected chi connectivity index (χ2v) is 6.64. The number of hydrogen-bond acceptors (Lipinski definition) is 5. The van der Waals surface area contributed by atoms with Gasteiger partial charge >= 0.3 is 0 Å². The highest BCUT2D eigenvalue weighted by atomic mass is 32.2. The second-order valence-electron chi connectivity index (χ2n) is 5.53. The van der Waals surface area contributed by atoms with Gasteiger partial charge < -0.3 is 9.64 Å². The number of amides is 1. The normalized spacial score (nSPS) is 17.4. The zero-order valence-electron chi connectivity index (χ0n) is 12.7. The zero-order valence-corrected chi connectivity index (χ0v) is 13.5. The van der Waals surface area contributed by atoms with E-state index < -0.39 is 0 Å². The largest absolute Gasteiger partial charge is 0.372 e. The minimum absolute atomic E-state index is 0.0426. The van der Waals surface area contributed by atoms with Gasteiger partial charge in [0, 0.05) is 17.7 Å². The molecule has 1 aliphatic rings. The van der Waals surface area contributed by atoms with E-state index in [4.69, 9.17) is 4.74 Å². The molecule has 1 rings (SSSR count). The third-order valence-corrected chi connectivity index (χ3v) is 4.37. The lowest BCUT2D eigenvalue weighted by Gasteiger charge is -2.31. The summed E-state index contributed by atoms with van der Waals surface area (Å²) in [4.78, 5) is 24.6. The van der Waals surface area contributed by atoms with Crippen LogP contribution in [-0.2, 0) is 14.3 Å². The summed E-state index contributed by atoms with van der Waals surface area (Å²) in [7, 11) is 0. The van der Waals surface area contributed by atoms with E-state index in [0.29, 0.717) is 11.9 Å². The fourth-order valence-corrected chi connectivity index (χ4v) is 2.88. The summed E-state index contributed by atoms with van der Waals surface area (Å²) >= 11 is 1.57. The van der Waals surface area contributed by atoms with Crippen LogP contribution in [0.3, 0.4) is 0 Å². The van der Waals surface area contributed by atoms with E-state index in [1.165, 1.54) is 6.92 Å². The van der Waals surface area contributed by atoms with Crippen LogP contribution in [0.4, 0.5) is 0 Å². The van der Waals surface area contributed by atoms with Crippen LogP contribution < -0.4 is 4.72 Å². The molecule has 1 saturated heterocycles. The third kappa shape index (κ3) is 7.26. The number of piperidine rings is 1. The highest BCUT2D eigenvalue weighted by molar-refractivity contribution is 7.98. The lowest BCUT2D eigenvalue weighted by molar-refractivity contribution is -0.122. The van der Waals surface area contributed by atoms with E-state index in [9.17, 15) is 9.59 Å². The van der Waals surface area contributed by atoms with Crippen molar-refractivity contribution < 1.29 is 14.3 Å². The molecule has 1 heterocycles. The van der Waals surface area contributed by atoms with E-state index in [1.807, 2.05) is 13.8 Å². The molecule has 0 saturated carbocycles. The first-order chi connectivity index (χ1) is 9.49. The number of carbonyl (C=O) groups is 2. The van der Waals surface area contributed by atoms with E-state index >= 15 is 0 Å². The van der Waals surface area contributed by atoms with Crippen LogP contribution in [0.5, 0.6) is 0 Å². The van der Waals surface area contributed by atoms with Gasteiger partial charge in [-0.1, -0.05) is 13.8 Å². The van der Waals surface area contributed by atoms with Crippen LogP contribution in [0, 0.1) is 5.92 Å². The smallest absolute Gasteiger partial charge is 0.232 e. The van der Waals surface area contributed by atoms with Gasteiger partial charge in [0.2, 0.25) is 5.91 Å². The summed E-state index contributed by atoms with van der Waals surface area (Å²) in [5, 5.41) is 0.507. The highest BCUT2D eigenvalue weighted by Gasteiger charge is 2.20. The van der Waals surface area contributed by atoms with E-state index in [2.05, 4.69) is 9.62 Å². The van der Waals surface area contributed by atoms with Gasteiger partial charge in [0.25, 0.3) is 0 Å². The van der Waals surface area contributed by atoms with Crippen molar-refractivity contribution in [2.24, 2.45) is 5.92 Å². The monoisotopic (exact) mass is 302 g/mol. The molecule has 5 nitrogen and oxygen atoms in total. The number of hydrogen-bond donors (Lipinski definition) is 1. The van der Waals surface area contributed by atoms with Gasteiger partial charge in [-0.05, 0) is 44.8 Å². The minimum atomic E-state index is 0.0426. The molecular formula is C14H26N2O3S. The molecule has 1 aliphatic heterocycles.